The third-order valence-corrected chi connectivity index (χ3v) is 5.99. The Bertz CT molecular complexity index is 813. The van der Waals surface area contributed by atoms with E-state index in [4.69, 9.17) is 11.6 Å². The van der Waals surface area contributed by atoms with Crippen LogP contribution in [0.2, 0.25) is 5.02 Å². The molecule has 1 fully saturated rings. The van der Waals surface area contributed by atoms with Gasteiger partial charge < -0.3 is 10.2 Å². The Balaban J connectivity index is 1.73. The smallest absolute Gasteiger partial charge is 0.322 e. The molecule has 0 radical (unpaired) electrons. The van der Waals surface area contributed by atoms with Crippen LogP contribution in [0, 0.1) is 0 Å². The van der Waals surface area contributed by atoms with Gasteiger partial charge in [-0.05, 0) is 30.5 Å². The van der Waals surface area contributed by atoms with Gasteiger partial charge in [-0.3, -0.25) is 9.69 Å². The molecule has 0 saturated heterocycles. The highest BCUT2D eigenvalue weighted by atomic mass is 35.5. The topological polar surface area (TPSA) is 52.7 Å². The molecule has 6 heteroatoms. The number of nitrogens with zero attached hydrogens (tertiary/aromatic N) is 2. The van der Waals surface area contributed by atoms with Crippen LogP contribution in [0.3, 0.4) is 0 Å². The molecule has 1 aromatic rings. The first-order valence-corrected chi connectivity index (χ1v) is 9.96. The third-order valence-electron chi connectivity index (χ3n) is 5.76. The Morgan fingerprint density at radius 2 is 2.00 bits per heavy atom. The molecule has 1 N–H and O–H groups in total. The van der Waals surface area contributed by atoms with E-state index in [2.05, 4.69) is 11.9 Å². The van der Waals surface area contributed by atoms with E-state index in [9.17, 15) is 9.59 Å². The van der Waals surface area contributed by atoms with E-state index in [1.165, 1.54) is 6.42 Å². The summed E-state index contributed by atoms with van der Waals surface area (Å²) in [7, 11) is 0. The quantitative estimate of drug-likeness (QED) is 0.796. The maximum absolute atomic E-state index is 13.4. The average Bonchev–Trinajstić information content (AvgIpc) is 3.02. The monoisotopic (exact) mass is 385 g/mol. The van der Waals surface area contributed by atoms with E-state index in [0.29, 0.717) is 23.7 Å². The molecule has 1 aromatic carbocycles. The van der Waals surface area contributed by atoms with Gasteiger partial charge in [-0.2, -0.15) is 0 Å². The van der Waals surface area contributed by atoms with Crippen LogP contribution < -0.4 is 5.32 Å². The van der Waals surface area contributed by atoms with E-state index in [1.54, 1.807) is 17.0 Å². The normalized spacial score (nSPS) is 23.5. The zero-order valence-electron chi connectivity index (χ0n) is 15.3. The Morgan fingerprint density at radius 3 is 2.70 bits per heavy atom. The van der Waals surface area contributed by atoms with Gasteiger partial charge >= 0.3 is 6.03 Å². The number of rotatable bonds is 4. The molecule has 0 bridgehead atoms. The van der Waals surface area contributed by atoms with Crippen LogP contribution in [0.5, 0.6) is 0 Å². The molecule has 27 heavy (non-hydrogen) atoms. The predicted molar refractivity (Wildman–Crippen MR) is 105 cm³/mol. The number of urea groups is 1. The standard InChI is InChI=1S/C21H24ClN3O2/c1-2-11-24-17-13-25(16-9-4-3-5-10-16)20(26)18(17)19(23-21(24)27)14-7-6-8-15(22)12-14/h2,6-8,12,16,19H,1,3-5,9-11,13H2,(H,23,27)/t19-/m1/s1. The molecule has 1 aliphatic carbocycles. The van der Waals surface area contributed by atoms with Crippen molar-refractivity contribution in [1.82, 2.24) is 15.1 Å². The van der Waals surface area contributed by atoms with Crippen molar-refractivity contribution in [2.75, 3.05) is 13.1 Å². The minimum absolute atomic E-state index is 0.0379. The van der Waals surface area contributed by atoms with Gasteiger partial charge in [-0.25, -0.2) is 4.79 Å². The lowest BCUT2D eigenvalue weighted by molar-refractivity contribution is -0.128. The van der Waals surface area contributed by atoms with Gasteiger partial charge in [0, 0.05) is 17.6 Å². The summed E-state index contributed by atoms with van der Waals surface area (Å²) in [6.07, 6.45) is 7.32. The van der Waals surface area contributed by atoms with Gasteiger partial charge in [0.2, 0.25) is 0 Å². The minimum atomic E-state index is -0.464. The molecule has 142 valence electrons. The van der Waals surface area contributed by atoms with Crippen LogP contribution in [0.15, 0.2) is 48.2 Å². The summed E-state index contributed by atoms with van der Waals surface area (Å²) in [6, 6.07) is 6.96. The zero-order chi connectivity index (χ0) is 19.0. The lowest BCUT2D eigenvalue weighted by Crippen LogP contribution is -2.47. The second-order valence-corrected chi connectivity index (χ2v) is 7.86. The summed E-state index contributed by atoms with van der Waals surface area (Å²) >= 11 is 6.16. The molecule has 3 amide bonds. The number of hydrogen-bond acceptors (Lipinski definition) is 2. The maximum Gasteiger partial charge on any atom is 0.322 e. The van der Waals surface area contributed by atoms with Gasteiger partial charge in [-0.15, -0.1) is 6.58 Å². The molecular formula is C21H24ClN3O2. The molecule has 1 atom stereocenters. The molecule has 2 heterocycles. The van der Waals surface area contributed by atoms with E-state index >= 15 is 0 Å². The molecule has 1 saturated carbocycles. The summed E-state index contributed by atoms with van der Waals surface area (Å²) in [4.78, 5) is 29.8. The van der Waals surface area contributed by atoms with Crippen molar-refractivity contribution < 1.29 is 9.59 Å². The fourth-order valence-corrected chi connectivity index (χ4v) is 4.66. The number of carbonyl (C=O) groups excluding carboxylic acids is 2. The maximum atomic E-state index is 13.4. The summed E-state index contributed by atoms with van der Waals surface area (Å²) < 4.78 is 0. The molecule has 0 aromatic heterocycles. The summed E-state index contributed by atoms with van der Waals surface area (Å²) in [5, 5.41) is 3.59. The van der Waals surface area contributed by atoms with Crippen molar-refractivity contribution in [3.63, 3.8) is 0 Å². The number of amides is 3. The highest BCUT2D eigenvalue weighted by Gasteiger charge is 2.45. The highest BCUT2D eigenvalue weighted by molar-refractivity contribution is 6.30. The largest absolute Gasteiger partial charge is 0.330 e. The zero-order valence-corrected chi connectivity index (χ0v) is 16.0. The van der Waals surface area contributed by atoms with Crippen molar-refractivity contribution in [2.24, 2.45) is 0 Å². The van der Waals surface area contributed by atoms with Crippen LogP contribution in [0.25, 0.3) is 0 Å². The molecule has 0 spiro atoms. The van der Waals surface area contributed by atoms with Crippen molar-refractivity contribution in [2.45, 2.75) is 44.2 Å². The Hall–Kier alpha value is -2.27. The van der Waals surface area contributed by atoms with E-state index < -0.39 is 6.04 Å². The fraction of sp³-hybridized carbons (Fsp3) is 0.429. The minimum Gasteiger partial charge on any atom is -0.330 e. The summed E-state index contributed by atoms with van der Waals surface area (Å²) in [6.45, 7) is 4.64. The van der Waals surface area contributed by atoms with Crippen LogP contribution in [0.1, 0.15) is 43.7 Å². The summed E-state index contributed by atoms with van der Waals surface area (Å²) in [5.41, 5.74) is 2.31. The van der Waals surface area contributed by atoms with Crippen LogP contribution in [-0.2, 0) is 4.79 Å². The lowest BCUT2D eigenvalue weighted by atomic mass is 9.93. The fourth-order valence-electron chi connectivity index (χ4n) is 4.46. The Labute approximate surface area is 164 Å². The lowest BCUT2D eigenvalue weighted by Gasteiger charge is -2.33. The number of hydrogen-bond donors (Lipinski definition) is 1. The second kappa shape index (κ2) is 7.39. The van der Waals surface area contributed by atoms with Gasteiger partial charge in [-0.1, -0.05) is 49.1 Å². The molecule has 0 unspecified atom stereocenters. The Kier molecular flexibility index (Phi) is 4.96. The van der Waals surface area contributed by atoms with Gasteiger partial charge in [0.25, 0.3) is 5.91 Å². The van der Waals surface area contributed by atoms with E-state index in [0.717, 1.165) is 36.9 Å². The Morgan fingerprint density at radius 1 is 1.22 bits per heavy atom. The van der Waals surface area contributed by atoms with Gasteiger partial charge in [0.1, 0.15) is 0 Å². The average molecular weight is 386 g/mol. The first kappa shape index (κ1) is 18.1. The first-order chi connectivity index (χ1) is 13.1. The SMILES string of the molecule is C=CCN1C(=O)N[C@H](c2cccc(Cl)c2)C2=C1CN(C1CCCCC1)C2=O. The third kappa shape index (κ3) is 3.25. The van der Waals surface area contributed by atoms with Crippen LogP contribution in [0.4, 0.5) is 4.79 Å². The molecule has 4 rings (SSSR count). The molecule has 2 aliphatic heterocycles. The van der Waals surface area contributed by atoms with Crippen molar-refractivity contribution in [3.05, 3.63) is 58.8 Å². The molecular weight excluding hydrogens is 362 g/mol. The predicted octanol–water partition coefficient (Wildman–Crippen LogP) is 4.02. The second-order valence-electron chi connectivity index (χ2n) is 7.42. The number of nitrogens with one attached hydrogen (secondary N) is 1. The molecule has 3 aliphatic rings. The van der Waals surface area contributed by atoms with Gasteiger partial charge in [0.05, 0.1) is 23.9 Å². The number of carbonyl (C=O) groups is 2. The summed E-state index contributed by atoms with van der Waals surface area (Å²) in [5.74, 6) is 0.0379. The van der Waals surface area contributed by atoms with E-state index in [-0.39, 0.29) is 18.0 Å². The first-order valence-electron chi connectivity index (χ1n) is 9.58. The molecule has 5 nitrogen and oxygen atoms in total. The highest BCUT2D eigenvalue weighted by Crippen LogP contribution is 2.39. The number of halogens is 1. The van der Waals surface area contributed by atoms with Crippen molar-refractivity contribution in [3.8, 4) is 0 Å². The van der Waals surface area contributed by atoms with Crippen LogP contribution >= 0.6 is 11.6 Å². The van der Waals surface area contributed by atoms with Crippen LogP contribution in [-0.4, -0.2) is 40.9 Å². The van der Waals surface area contributed by atoms with Crippen molar-refractivity contribution in [1.29, 1.82) is 0 Å². The van der Waals surface area contributed by atoms with E-state index in [1.807, 2.05) is 23.1 Å². The van der Waals surface area contributed by atoms with Gasteiger partial charge in [0.15, 0.2) is 0 Å². The number of benzene rings is 1. The van der Waals surface area contributed by atoms with Crippen molar-refractivity contribution >= 4 is 23.5 Å².